The molecule has 2 fully saturated rings. The highest BCUT2D eigenvalue weighted by molar-refractivity contribution is 5.76. The molecule has 0 bridgehead atoms. The summed E-state index contributed by atoms with van der Waals surface area (Å²) < 4.78 is 18.3. The fourth-order valence-electron chi connectivity index (χ4n) is 5.76. The van der Waals surface area contributed by atoms with Crippen molar-refractivity contribution in [2.75, 3.05) is 13.7 Å². The first-order valence-corrected chi connectivity index (χ1v) is 13.2. The predicted octanol–water partition coefficient (Wildman–Crippen LogP) is 6.76. The number of benzene rings is 3. The van der Waals surface area contributed by atoms with Crippen molar-refractivity contribution in [2.24, 2.45) is 17.8 Å². The van der Waals surface area contributed by atoms with Crippen LogP contribution in [0.4, 0.5) is 0 Å². The minimum absolute atomic E-state index is 0.0440. The molecule has 3 aromatic carbocycles. The molecule has 3 unspecified atom stereocenters. The molecule has 4 nitrogen and oxygen atoms in total. The molecule has 0 heterocycles. The Morgan fingerprint density at radius 1 is 0.806 bits per heavy atom. The zero-order valence-corrected chi connectivity index (χ0v) is 21.3. The third-order valence-electron chi connectivity index (χ3n) is 8.02. The average molecular weight is 485 g/mol. The first-order chi connectivity index (χ1) is 17.6. The minimum atomic E-state index is -0.811. The normalized spacial score (nSPS) is 22.1. The molecule has 4 heteroatoms. The number of carbonyl (C=O) groups is 1. The van der Waals surface area contributed by atoms with Gasteiger partial charge in [0.15, 0.2) is 0 Å². The van der Waals surface area contributed by atoms with E-state index >= 15 is 0 Å². The number of hydrogen-bond acceptors (Lipinski definition) is 4. The third kappa shape index (κ3) is 4.92. The fourth-order valence-corrected chi connectivity index (χ4v) is 5.76. The van der Waals surface area contributed by atoms with E-state index in [1.165, 1.54) is 6.42 Å². The average Bonchev–Trinajstić information content (AvgIpc) is 3.60. The van der Waals surface area contributed by atoms with Gasteiger partial charge in [0, 0.05) is 0 Å². The summed E-state index contributed by atoms with van der Waals surface area (Å²) in [5.74, 6) is 1.06. The number of ether oxygens (including phenoxy) is 3. The Balaban J connectivity index is 1.44. The van der Waals surface area contributed by atoms with Crippen LogP contribution in [0.15, 0.2) is 84.9 Å². The molecule has 0 spiro atoms. The summed E-state index contributed by atoms with van der Waals surface area (Å²) in [5, 5.41) is 0. The number of methoxy groups -OCH3 is 1. The summed E-state index contributed by atoms with van der Waals surface area (Å²) in [6, 6.07) is 28.8. The van der Waals surface area contributed by atoms with Crippen LogP contribution in [0, 0.1) is 17.8 Å². The van der Waals surface area contributed by atoms with E-state index in [1.807, 2.05) is 48.5 Å². The van der Waals surface area contributed by atoms with Crippen LogP contribution in [0.5, 0.6) is 5.75 Å². The highest BCUT2D eigenvalue weighted by Crippen LogP contribution is 2.50. The molecular weight excluding hydrogens is 448 g/mol. The van der Waals surface area contributed by atoms with Gasteiger partial charge in [0.1, 0.15) is 17.5 Å². The lowest BCUT2D eigenvalue weighted by Gasteiger charge is -2.36. The van der Waals surface area contributed by atoms with Gasteiger partial charge in [-0.15, -0.1) is 0 Å². The zero-order valence-electron chi connectivity index (χ0n) is 21.3. The molecule has 5 rings (SSSR count). The van der Waals surface area contributed by atoms with Gasteiger partial charge >= 0.3 is 5.97 Å². The number of hydrogen-bond donors (Lipinski definition) is 0. The molecule has 2 aliphatic rings. The van der Waals surface area contributed by atoms with Crippen molar-refractivity contribution in [1.82, 2.24) is 0 Å². The Morgan fingerprint density at radius 2 is 1.36 bits per heavy atom. The summed E-state index contributed by atoms with van der Waals surface area (Å²) in [6.45, 7) is 2.61. The van der Waals surface area contributed by atoms with Crippen LogP contribution in [-0.2, 0) is 19.9 Å². The molecule has 0 radical (unpaired) electrons. The standard InChI is InChI=1S/C32H36O4/c1-23-29(30(23)31(33)36-28-16-10-5-11-17-28)22-35-32(24-12-6-3-7-13-24,25-14-8-4-9-15-25)26-18-20-27(34-2)21-19-26/h3-4,6-9,12-15,18-21,23,28-30H,5,10-11,16-17,22H2,1-2H3. The van der Waals surface area contributed by atoms with Crippen LogP contribution >= 0.6 is 0 Å². The lowest BCUT2D eigenvalue weighted by Crippen LogP contribution is -2.34. The molecule has 0 N–H and O–H groups in total. The van der Waals surface area contributed by atoms with Crippen molar-refractivity contribution in [3.05, 3.63) is 102 Å². The van der Waals surface area contributed by atoms with Gasteiger partial charge in [-0.25, -0.2) is 0 Å². The van der Waals surface area contributed by atoms with E-state index in [2.05, 4.69) is 43.3 Å². The molecule has 2 saturated carbocycles. The lowest BCUT2D eigenvalue weighted by atomic mass is 9.80. The number of carbonyl (C=O) groups excluding carboxylic acids is 1. The SMILES string of the molecule is COc1ccc(C(OCC2C(C)C2C(=O)OC2CCCCC2)(c2ccccc2)c2ccccc2)cc1. The maximum absolute atomic E-state index is 13.0. The van der Waals surface area contributed by atoms with Crippen molar-refractivity contribution >= 4 is 5.97 Å². The van der Waals surface area contributed by atoms with Crippen molar-refractivity contribution < 1.29 is 19.0 Å². The van der Waals surface area contributed by atoms with Gasteiger partial charge in [-0.1, -0.05) is 86.1 Å². The Hall–Kier alpha value is -3.11. The summed E-state index contributed by atoms with van der Waals surface area (Å²) in [4.78, 5) is 13.0. The lowest BCUT2D eigenvalue weighted by molar-refractivity contribution is -0.153. The number of esters is 1. The first-order valence-electron chi connectivity index (χ1n) is 13.2. The molecular formula is C32H36O4. The Morgan fingerprint density at radius 3 is 1.92 bits per heavy atom. The van der Waals surface area contributed by atoms with Gasteiger partial charge in [0.05, 0.1) is 19.6 Å². The van der Waals surface area contributed by atoms with Crippen LogP contribution in [0.3, 0.4) is 0 Å². The smallest absolute Gasteiger partial charge is 0.309 e. The van der Waals surface area contributed by atoms with Crippen LogP contribution in [-0.4, -0.2) is 25.8 Å². The van der Waals surface area contributed by atoms with Crippen molar-refractivity contribution in [2.45, 2.75) is 50.7 Å². The summed E-state index contributed by atoms with van der Waals surface area (Å²) >= 11 is 0. The largest absolute Gasteiger partial charge is 0.497 e. The minimum Gasteiger partial charge on any atom is -0.497 e. The van der Waals surface area contributed by atoms with Crippen LogP contribution in [0.25, 0.3) is 0 Å². The van der Waals surface area contributed by atoms with E-state index in [1.54, 1.807) is 7.11 Å². The third-order valence-corrected chi connectivity index (χ3v) is 8.02. The molecule has 3 atom stereocenters. The van der Waals surface area contributed by atoms with E-state index < -0.39 is 5.60 Å². The van der Waals surface area contributed by atoms with Gasteiger partial charge in [-0.3, -0.25) is 4.79 Å². The Bertz CT molecular complexity index is 1080. The van der Waals surface area contributed by atoms with E-state index in [4.69, 9.17) is 14.2 Å². The second kappa shape index (κ2) is 10.9. The molecule has 2 aliphatic carbocycles. The zero-order chi connectivity index (χ0) is 25.0. The van der Waals surface area contributed by atoms with E-state index in [9.17, 15) is 4.79 Å². The van der Waals surface area contributed by atoms with Crippen molar-refractivity contribution in [3.8, 4) is 5.75 Å². The summed E-state index contributed by atoms with van der Waals surface area (Å²) in [5.41, 5.74) is 2.32. The molecule has 0 aromatic heterocycles. The van der Waals surface area contributed by atoms with Crippen LogP contribution in [0.2, 0.25) is 0 Å². The highest BCUT2D eigenvalue weighted by atomic mass is 16.5. The predicted molar refractivity (Wildman–Crippen MR) is 141 cm³/mol. The topological polar surface area (TPSA) is 44.8 Å². The van der Waals surface area contributed by atoms with Crippen molar-refractivity contribution in [3.63, 3.8) is 0 Å². The van der Waals surface area contributed by atoms with Gasteiger partial charge in [0.2, 0.25) is 0 Å². The molecule has 0 saturated heterocycles. The van der Waals surface area contributed by atoms with Gasteiger partial charge < -0.3 is 14.2 Å². The van der Waals surface area contributed by atoms with Gasteiger partial charge in [-0.05, 0) is 66.3 Å². The quantitative estimate of drug-likeness (QED) is 0.249. The van der Waals surface area contributed by atoms with Crippen molar-refractivity contribution in [1.29, 1.82) is 0 Å². The van der Waals surface area contributed by atoms with Crippen LogP contribution in [0.1, 0.15) is 55.7 Å². The van der Waals surface area contributed by atoms with Crippen LogP contribution < -0.4 is 4.74 Å². The van der Waals surface area contributed by atoms with Gasteiger partial charge in [-0.2, -0.15) is 0 Å². The molecule has 0 amide bonds. The molecule has 188 valence electrons. The molecule has 36 heavy (non-hydrogen) atoms. The second-order valence-electron chi connectivity index (χ2n) is 10.2. The fraction of sp³-hybridized carbons (Fsp3) is 0.406. The second-order valence-corrected chi connectivity index (χ2v) is 10.2. The van der Waals surface area contributed by atoms with E-state index in [-0.39, 0.29) is 29.8 Å². The number of rotatable bonds is 9. The monoisotopic (exact) mass is 484 g/mol. The highest BCUT2D eigenvalue weighted by Gasteiger charge is 2.54. The van der Waals surface area contributed by atoms with E-state index in [0.717, 1.165) is 48.1 Å². The first kappa shape index (κ1) is 24.6. The molecule has 3 aromatic rings. The maximum Gasteiger partial charge on any atom is 0.309 e. The molecule has 0 aliphatic heterocycles. The Labute approximate surface area is 214 Å². The summed E-state index contributed by atoms with van der Waals surface area (Å²) in [7, 11) is 1.67. The maximum atomic E-state index is 13.0. The summed E-state index contributed by atoms with van der Waals surface area (Å²) in [6.07, 6.45) is 5.64. The van der Waals surface area contributed by atoms with Gasteiger partial charge in [0.25, 0.3) is 0 Å². The van der Waals surface area contributed by atoms with E-state index in [0.29, 0.717) is 6.61 Å². The Kier molecular flexibility index (Phi) is 7.43.